The number of nitrogens with zero attached hydrogens (tertiary/aromatic N) is 1. The summed E-state index contributed by atoms with van der Waals surface area (Å²) in [6.45, 7) is 3.19. The molecule has 30 heavy (non-hydrogen) atoms. The Bertz CT molecular complexity index is 951. The van der Waals surface area contributed by atoms with Crippen LogP contribution in [0.25, 0.3) is 0 Å². The van der Waals surface area contributed by atoms with Gasteiger partial charge < -0.3 is 19.8 Å². The Morgan fingerprint density at radius 2 is 1.87 bits per heavy atom. The largest absolute Gasteiger partial charge is 0.481 e. The number of carbonyl (C=O) groups is 3. The van der Waals surface area contributed by atoms with Crippen LogP contribution in [0.3, 0.4) is 0 Å². The van der Waals surface area contributed by atoms with Crippen LogP contribution < -0.4 is 0 Å². The molecule has 1 aliphatic heterocycles. The van der Waals surface area contributed by atoms with Crippen molar-refractivity contribution in [3.63, 3.8) is 0 Å². The molecule has 0 saturated carbocycles. The molecule has 0 spiro atoms. The predicted octanol–water partition coefficient (Wildman–Crippen LogP) is 3.30. The van der Waals surface area contributed by atoms with Gasteiger partial charge in [0, 0.05) is 29.6 Å². The van der Waals surface area contributed by atoms with E-state index in [-0.39, 0.29) is 33.5 Å². The van der Waals surface area contributed by atoms with Crippen molar-refractivity contribution in [2.24, 2.45) is 11.3 Å². The molecular weight excluding hydrogens is 433 g/mol. The molecule has 1 amide bonds. The zero-order valence-electron chi connectivity index (χ0n) is 16.2. The van der Waals surface area contributed by atoms with Crippen LogP contribution in [0.5, 0.6) is 0 Å². The molecule has 1 fully saturated rings. The van der Waals surface area contributed by atoms with Crippen LogP contribution >= 0.6 is 23.2 Å². The van der Waals surface area contributed by atoms with Gasteiger partial charge >= 0.3 is 11.9 Å². The Hall–Kier alpha value is -2.35. The normalized spacial score (nSPS) is 23.8. The number of hydrogen-bond acceptors (Lipinski definition) is 4. The van der Waals surface area contributed by atoms with E-state index >= 15 is 0 Å². The first kappa shape index (κ1) is 22.3. The average molecular weight is 454 g/mol. The lowest BCUT2D eigenvalue weighted by Crippen LogP contribution is -2.41. The van der Waals surface area contributed by atoms with Crippen LogP contribution in [-0.2, 0) is 20.7 Å². The third-order valence-electron chi connectivity index (χ3n) is 5.65. The topological polar surface area (TPSA) is 104 Å². The van der Waals surface area contributed by atoms with Crippen LogP contribution in [0.15, 0.2) is 35.9 Å². The fourth-order valence-electron chi connectivity index (χ4n) is 3.76. The number of carbonyl (C=O) groups excluding carboxylic acids is 1. The van der Waals surface area contributed by atoms with E-state index in [0.29, 0.717) is 31.9 Å². The average Bonchev–Trinajstić information content (AvgIpc) is 2.72. The first-order valence-corrected chi connectivity index (χ1v) is 10.1. The molecule has 2 unspecified atom stereocenters. The molecule has 9 heteroatoms. The predicted molar refractivity (Wildman–Crippen MR) is 111 cm³/mol. The molecule has 1 saturated heterocycles. The molecule has 7 nitrogen and oxygen atoms in total. The summed E-state index contributed by atoms with van der Waals surface area (Å²) in [6, 6.07) is 3.05. The Labute approximate surface area is 183 Å². The molecule has 0 aromatic heterocycles. The van der Waals surface area contributed by atoms with Crippen LogP contribution in [0.2, 0.25) is 10.0 Å². The van der Waals surface area contributed by atoms with Gasteiger partial charge in [-0.3, -0.25) is 9.59 Å². The molecule has 0 bridgehead atoms. The number of hydrogen-bond donors (Lipinski definition) is 2. The van der Waals surface area contributed by atoms with E-state index in [4.69, 9.17) is 27.9 Å². The molecule has 1 heterocycles. The van der Waals surface area contributed by atoms with Crippen molar-refractivity contribution in [1.29, 1.82) is 0 Å². The summed E-state index contributed by atoms with van der Waals surface area (Å²) in [5.41, 5.74) is -0.946. The fourth-order valence-corrected chi connectivity index (χ4v) is 4.37. The quantitative estimate of drug-likeness (QED) is 0.708. The summed E-state index contributed by atoms with van der Waals surface area (Å²) in [7, 11) is 0. The maximum atomic E-state index is 12.9. The minimum Gasteiger partial charge on any atom is -0.481 e. The highest BCUT2D eigenvalue weighted by Crippen LogP contribution is 2.43. The fraction of sp³-hybridized carbons (Fsp3) is 0.381. The zero-order valence-corrected chi connectivity index (χ0v) is 17.7. The van der Waals surface area contributed by atoms with Crippen LogP contribution in [-0.4, -0.2) is 59.3 Å². The first-order chi connectivity index (χ1) is 14.2. The Morgan fingerprint density at radius 3 is 2.47 bits per heavy atom. The van der Waals surface area contributed by atoms with Gasteiger partial charge in [-0.15, -0.1) is 0 Å². The smallest absolute Gasteiger partial charge is 0.331 e. The summed E-state index contributed by atoms with van der Waals surface area (Å²) in [6.07, 6.45) is 4.21. The summed E-state index contributed by atoms with van der Waals surface area (Å²) < 4.78 is 5.27. The van der Waals surface area contributed by atoms with Gasteiger partial charge in [0.15, 0.2) is 0 Å². The SMILES string of the molecule is CC1(C(=O)O)C=CC=C(C(=O)O)C1Cc1c(Cl)ccc(C(=O)N2CCOCC2)c1Cl. The number of aliphatic carboxylic acids is 2. The molecule has 3 rings (SSSR count). The van der Waals surface area contributed by atoms with Gasteiger partial charge in [-0.2, -0.15) is 0 Å². The lowest BCUT2D eigenvalue weighted by Gasteiger charge is -2.34. The van der Waals surface area contributed by atoms with E-state index in [9.17, 15) is 24.6 Å². The number of ether oxygens (including phenoxy) is 1. The number of rotatable bonds is 5. The molecule has 2 aliphatic rings. The minimum atomic E-state index is -1.47. The van der Waals surface area contributed by atoms with Crippen molar-refractivity contribution in [2.75, 3.05) is 26.3 Å². The summed E-state index contributed by atoms with van der Waals surface area (Å²) in [4.78, 5) is 38.3. The highest BCUT2D eigenvalue weighted by atomic mass is 35.5. The van der Waals surface area contributed by atoms with Gasteiger partial charge in [-0.05, 0) is 31.0 Å². The van der Waals surface area contributed by atoms with Gasteiger partial charge in [-0.1, -0.05) is 41.4 Å². The summed E-state index contributed by atoms with van der Waals surface area (Å²) in [5, 5.41) is 19.7. The van der Waals surface area contributed by atoms with E-state index in [1.54, 1.807) is 4.90 Å². The monoisotopic (exact) mass is 453 g/mol. The van der Waals surface area contributed by atoms with Gasteiger partial charge in [-0.25, -0.2) is 4.79 Å². The van der Waals surface area contributed by atoms with Crippen LogP contribution in [0, 0.1) is 11.3 Å². The van der Waals surface area contributed by atoms with Crippen LogP contribution in [0.1, 0.15) is 22.8 Å². The Morgan fingerprint density at radius 1 is 1.20 bits per heavy atom. The molecule has 2 atom stereocenters. The Balaban J connectivity index is 2.01. The summed E-state index contributed by atoms with van der Waals surface area (Å²) in [5.74, 6) is -3.59. The van der Waals surface area contributed by atoms with E-state index < -0.39 is 23.3 Å². The number of amides is 1. The van der Waals surface area contributed by atoms with Gasteiger partial charge in [0.2, 0.25) is 0 Å². The van der Waals surface area contributed by atoms with Crippen molar-refractivity contribution < 1.29 is 29.3 Å². The zero-order chi connectivity index (χ0) is 22.1. The van der Waals surface area contributed by atoms with Crippen molar-refractivity contribution in [2.45, 2.75) is 13.3 Å². The molecule has 160 valence electrons. The standard InChI is InChI=1S/C21H21Cl2NO6/c1-21(20(28)29)6-2-3-12(19(26)27)15(21)11-14-16(22)5-4-13(17(14)23)18(25)24-7-9-30-10-8-24/h2-6,15H,7-11H2,1H3,(H,26,27)(H,28,29). The number of allylic oxidation sites excluding steroid dienone is 2. The second-order valence-corrected chi connectivity index (χ2v) is 8.21. The number of halogens is 2. The van der Waals surface area contributed by atoms with E-state index in [2.05, 4.69) is 0 Å². The minimum absolute atomic E-state index is 0.0484. The van der Waals surface area contributed by atoms with Gasteiger partial charge in [0.05, 0.1) is 29.2 Å². The highest BCUT2D eigenvalue weighted by molar-refractivity contribution is 6.38. The van der Waals surface area contributed by atoms with E-state index in [1.165, 1.54) is 37.3 Å². The third kappa shape index (κ3) is 4.10. The number of benzene rings is 1. The first-order valence-electron chi connectivity index (χ1n) is 9.36. The maximum absolute atomic E-state index is 12.9. The van der Waals surface area contributed by atoms with Crippen molar-refractivity contribution in [1.82, 2.24) is 4.90 Å². The van der Waals surface area contributed by atoms with Crippen molar-refractivity contribution in [3.05, 3.63) is 57.1 Å². The van der Waals surface area contributed by atoms with Crippen molar-refractivity contribution >= 4 is 41.0 Å². The number of carboxylic acid groups (broad SMARTS) is 2. The maximum Gasteiger partial charge on any atom is 0.331 e. The van der Waals surface area contributed by atoms with Crippen molar-refractivity contribution in [3.8, 4) is 0 Å². The molecule has 0 radical (unpaired) electrons. The second kappa shape index (κ2) is 8.79. The summed E-state index contributed by atoms with van der Waals surface area (Å²) >= 11 is 12.9. The van der Waals surface area contributed by atoms with Gasteiger partial charge in [0.25, 0.3) is 5.91 Å². The third-order valence-corrected chi connectivity index (χ3v) is 6.43. The van der Waals surface area contributed by atoms with Crippen LogP contribution in [0.4, 0.5) is 0 Å². The second-order valence-electron chi connectivity index (χ2n) is 7.42. The van der Waals surface area contributed by atoms with E-state index in [1.807, 2.05) is 0 Å². The number of morpholine rings is 1. The number of carboxylic acids is 2. The van der Waals surface area contributed by atoms with E-state index in [0.717, 1.165) is 0 Å². The lowest BCUT2D eigenvalue weighted by molar-refractivity contribution is -0.147. The molecule has 2 N–H and O–H groups in total. The molecule has 1 aromatic carbocycles. The lowest BCUT2D eigenvalue weighted by atomic mass is 9.68. The highest BCUT2D eigenvalue weighted by Gasteiger charge is 2.45. The van der Waals surface area contributed by atoms with Gasteiger partial charge in [0.1, 0.15) is 0 Å². The Kier molecular flexibility index (Phi) is 6.55. The molecule has 1 aromatic rings. The molecular formula is C21H21Cl2NO6. The molecule has 1 aliphatic carbocycles.